The van der Waals surface area contributed by atoms with Gasteiger partial charge in [0.25, 0.3) is 0 Å². The topological polar surface area (TPSA) is 34.9 Å². The summed E-state index contributed by atoms with van der Waals surface area (Å²) in [5.74, 6) is 0.00458. The summed E-state index contributed by atoms with van der Waals surface area (Å²) in [6, 6.07) is 7.93. The van der Waals surface area contributed by atoms with Crippen LogP contribution in [0, 0.1) is 6.92 Å². The molecular weight excluding hydrogens is 248 g/mol. The monoisotopic (exact) mass is 262 g/mol. The van der Waals surface area contributed by atoms with Crippen LogP contribution in [0.15, 0.2) is 30.5 Å². The van der Waals surface area contributed by atoms with Crippen molar-refractivity contribution in [2.75, 3.05) is 0 Å². The average Bonchev–Trinajstić information content (AvgIpc) is 2.70. The molecule has 2 rings (SSSR count). The molecule has 0 atom stereocenters. The first kappa shape index (κ1) is 12.8. The first-order chi connectivity index (χ1) is 8.61. The molecule has 0 fully saturated rings. The van der Waals surface area contributed by atoms with E-state index >= 15 is 0 Å². The summed E-state index contributed by atoms with van der Waals surface area (Å²) >= 11 is 6.01. The zero-order valence-corrected chi connectivity index (χ0v) is 11.2. The molecule has 2 aromatic rings. The number of hydrogen-bond acceptors (Lipinski definition) is 2. The van der Waals surface area contributed by atoms with Crippen LogP contribution in [-0.4, -0.2) is 15.6 Å². The van der Waals surface area contributed by atoms with Gasteiger partial charge in [-0.2, -0.15) is 5.10 Å². The Labute approximate surface area is 111 Å². The number of Topliss-reactive ketones (excluding diaryl/α,β-unsaturated/α-hetero) is 1. The van der Waals surface area contributed by atoms with Gasteiger partial charge in [0, 0.05) is 13.0 Å². The smallest absolute Gasteiger partial charge is 0.186 e. The minimum Gasteiger partial charge on any atom is -0.292 e. The van der Waals surface area contributed by atoms with Gasteiger partial charge in [0.1, 0.15) is 5.69 Å². The molecule has 0 saturated heterocycles. The zero-order chi connectivity index (χ0) is 13.1. The summed E-state index contributed by atoms with van der Waals surface area (Å²) in [7, 11) is 0. The van der Waals surface area contributed by atoms with E-state index in [-0.39, 0.29) is 5.78 Å². The third-order valence-electron chi connectivity index (χ3n) is 2.81. The van der Waals surface area contributed by atoms with Gasteiger partial charge in [-0.05, 0) is 19.4 Å². The second kappa shape index (κ2) is 5.36. The van der Waals surface area contributed by atoms with Gasteiger partial charge in [0.05, 0.1) is 11.2 Å². The molecule has 1 aromatic carbocycles. The highest BCUT2D eigenvalue weighted by Gasteiger charge is 2.16. The molecule has 3 nitrogen and oxygen atoms in total. The minimum absolute atomic E-state index is 0.00458. The van der Waals surface area contributed by atoms with Gasteiger partial charge in [0.2, 0.25) is 0 Å². The van der Waals surface area contributed by atoms with Crippen LogP contribution < -0.4 is 0 Å². The van der Waals surface area contributed by atoms with Crippen LogP contribution in [0.25, 0.3) is 0 Å². The number of aromatic nitrogens is 2. The molecule has 1 heterocycles. The molecule has 0 unspecified atom stereocenters. The Morgan fingerprint density at radius 1 is 1.44 bits per heavy atom. The lowest BCUT2D eigenvalue weighted by Gasteiger charge is -2.05. The number of ketones is 1. The van der Waals surface area contributed by atoms with E-state index in [4.69, 9.17) is 11.6 Å². The number of hydrogen-bond donors (Lipinski definition) is 0. The minimum atomic E-state index is 0.00458. The molecular formula is C14H15ClN2O. The van der Waals surface area contributed by atoms with Crippen molar-refractivity contribution in [3.8, 4) is 0 Å². The van der Waals surface area contributed by atoms with E-state index in [0.29, 0.717) is 23.7 Å². The quantitative estimate of drug-likeness (QED) is 0.793. The SMILES string of the molecule is CCn1ncc(Cl)c1C(=O)Cc1cccc(C)c1. The summed E-state index contributed by atoms with van der Waals surface area (Å²) in [5.41, 5.74) is 2.65. The molecule has 0 aliphatic carbocycles. The molecule has 1 aromatic heterocycles. The normalized spacial score (nSPS) is 10.6. The molecule has 0 spiro atoms. The summed E-state index contributed by atoms with van der Waals surface area (Å²) in [5, 5.41) is 4.50. The molecule has 18 heavy (non-hydrogen) atoms. The molecule has 0 aliphatic rings. The highest BCUT2D eigenvalue weighted by Crippen LogP contribution is 2.18. The van der Waals surface area contributed by atoms with Gasteiger partial charge < -0.3 is 0 Å². The number of nitrogens with zero attached hydrogens (tertiary/aromatic N) is 2. The second-order valence-corrected chi connectivity index (χ2v) is 4.65. The van der Waals surface area contributed by atoms with Crippen molar-refractivity contribution in [1.29, 1.82) is 0 Å². The maximum atomic E-state index is 12.2. The average molecular weight is 263 g/mol. The van der Waals surface area contributed by atoms with Crippen LogP contribution in [0.1, 0.15) is 28.5 Å². The summed E-state index contributed by atoms with van der Waals surface area (Å²) in [4.78, 5) is 12.2. The summed E-state index contributed by atoms with van der Waals surface area (Å²) in [6.45, 7) is 4.59. The third kappa shape index (κ3) is 2.62. The molecule has 0 N–H and O–H groups in total. The largest absolute Gasteiger partial charge is 0.292 e. The predicted octanol–water partition coefficient (Wildman–Crippen LogP) is 3.29. The molecule has 0 aliphatic heterocycles. The van der Waals surface area contributed by atoms with Crippen LogP contribution in [0.5, 0.6) is 0 Å². The van der Waals surface area contributed by atoms with E-state index in [1.165, 1.54) is 6.20 Å². The van der Waals surface area contributed by atoms with Gasteiger partial charge in [0.15, 0.2) is 5.78 Å². The van der Waals surface area contributed by atoms with E-state index in [1.807, 2.05) is 38.1 Å². The van der Waals surface area contributed by atoms with E-state index in [1.54, 1.807) is 4.68 Å². The van der Waals surface area contributed by atoms with Crippen molar-refractivity contribution < 1.29 is 4.79 Å². The number of benzene rings is 1. The maximum Gasteiger partial charge on any atom is 0.186 e. The van der Waals surface area contributed by atoms with Crippen LogP contribution >= 0.6 is 11.6 Å². The fraction of sp³-hybridized carbons (Fsp3) is 0.286. The molecule has 4 heteroatoms. The highest BCUT2D eigenvalue weighted by molar-refractivity contribution is 6.33. The van der Waals surface area contributed by atoms with E-state index in [2.05, 4.69) is 5.10 Å². The molecule has 94 valence electrons. The number of halogens is 1. The van der Waals surface area contributed by atoms with Crippen molar-refractivity contribution in [3.63, 3.8) is 0 Å². The lowest BCUT2D eigenvalue weighted by molar-refractivity contribution is 0.0983. The van der Waals surface area contributed by atoms with Crippen molar-refractivity contribution in [3.05, 3.63) is 52.3 Å². The third-order valence-corrected chi connectivity index (χ3v) is 3.08. The van der Waals surface area contributed by atoms with Gasteiger partial charge in [-0.1, -0.05) is 41.4 Å². The Hall–Kier alpha value is -1.61. The number of carbonyl (C=O) groups excluding carboxylic acids is 1. The van der Waals surface area contributed by atoms with E-state index < -0.39 is 0 Å². The fourth-order valence-electron chi connectivity index (χ4n) is 1.97. The zero-order valence-electron chi connectivity index (χ0n) is 10.5. The van der Waals surface area contributed by atoms with Crippen molar-refractivity contribution in [1.82, 2.24) is 9.78 Å². The van der Waals surface area contributed by atoms with Gasteiger partial charge in [-0.25, -0.2) is 0 Å². The van der Waals surface area contributed by atoms with E-state index in [0.717, 1.165) is 11.1 Å². The Morgan fingerprint density at radius 2 is 2.22 bits per heavy atom. The Balaban J connectivity index is 2.24. The van der Waals surface area contributed by atoms with Crippen molar-refractivity contribution in [2.24, 2.45) is 0 Å². The first-order valence-electron chi connectivity index (χ1n) is 5.92. The number of carbonyl (C=O) groups is 1. The standard InChI is InChI=1S/C14H15ClN2O/c1-3-17-14(12(15)9-16-17)13(18)8-11-6-4-5-10(2)7-11/h4-7,9H,3,8H2,1-2H3. The van der Waals surface area contributed by atoms with Crippen LogP contribution in [-0.2, 0) is 13.0 Å². The van der Waals surface area contributed by atoms with Crippen molar-refractivity contribution in [2.45, 2.75) is 26.8 Å². The summed E-state index contributed by atoms with van der Waals surface area (Å²) < 4.78 is 1.64. The first-order valence-corrected chi connectivity index (χ1v) is 6.29. The van der Waals surface area contributed by atoms with Gasteiger partial charge >= 0.3 is 0 Å². The van der Waals surface area contributed by atoms with Crippen LogP contribution in [0.2, 0.25) is 5.02 Å². The van der Waals surface area contributed by atoms with Crippen molar-refractivity contribution >= 4 is 17.4 Å². The van der Waals surface area contributed by atoms with E-state index in [9.17, 15) is 4.79 Å². The van der Waals surface area contributed by atoms with Crippen LogP contribution in [0.3, 0.4) is 0 Å². The molecule has 0 radical (unpaired) electrons. The lowest BCUT2D eigenvalue weighted by Crippen LogP contribution is -2.12. The number of aryl methyl sites for hydroxylation is 2. The predicted molar refractivity (Wildman–Crippen MR) is 72.1 cm³/mol. The highest BCUT2D eigenvalue weighted by atomic mass is 35.5. The van der Waals surface area contributed by atoms with Crippen LogP contribution in [0.4, 0.5) is 0 Å². The fourth-order valence-corrected chi connectivity index (χ4v) is 2.22. The maximum absolute atomic E-state index is 12.2. The Bertz CT molecular complexity index is 575. The Kier molecular flexibility index (Phi) is 3.82. The second-order valence-electron chi connectivity index (χ2n) is 4.25. The molecule has 0 amide bonds. The molecule has 0 saturated carbocycles. The van der Waals surface area contributed by atoms with Gasteiger partial charge in [-0.3, -0.25) is 9.48 Å². The van der Waals surface area contributed by atoms with Gasteiger partial charge in [-0.15, -0.1) is 0 Å². The summed E-state index contributed by atoms with van der Waals surface area (Å²) in [6.07, 6.45) is 1.88. The number of rotatable bonds is 4. The molecule has 0 bridgehead atoms. The lowest BCUT2D eigenvalue weighted by atomic mass is 10.0. The Morgan fingerprint density at radius 3 is 2.89 bits per heavy atom.